The van der Waals surface area contributed by atoms with Crippen molar-refractivity contribution in [2.45, 2.75) is 25.0 Å². The third-order valence-corrected chi connectivity index (χ3v) is 5.54. The van der Waals surface area contributed by atoms with Gasteiger partial charge in [0.05, 0.1) is 11.6 Å². The lowest BCUT2D eigenvalue weighted by molar-refractivity contribution is -0.0671. The van der Waals surface area contributed by atoms with Crippen LogP contribution in [0, 0.1) is 11.8 Å². The van der Waals surface area contributed by atoms with Gasteiger partial charge >= 0.3 is 0 Å². The lowest BCUT2D eigenvalue weighted by Crippen LogP contribution is -2.56. The summed E-state index contributed by atoms with van der Waals surface area (Å²) in [6.45, 7) is 2.21. The Morgan fingerprint density at radius 3 is 2.91 bits per heavy atom. The molecule has 5 atom stereocenters. The summed E-state index contributed by atoms with van der Waals surface area (Å²) in [7, 11) is 0. The number of aromatic nitrogens is 1. The van der Waals surface area contributed by atoms with E-state index in [2.05, 4.69) is 9.88 Å². The van der Waals surface area contributed by atoms with E-state index in [9.17, 15) is 10.2 Å². The molecular formula is C18H22N2O2. The predicted molar refractivity (Wildman–Crippen MR) is 85.4 cm³/mol. The Morgan fingerprint density at radius 1 is 1.27 bits per heavy atom. The fourth-order valence-corrected chi connectivity index (χ4v) is 4.30. The van der Waals surface area contributed by atoms with E-state index in [1.54, 1.807) is 6.20 Å². The average molecular weight is 298 g/mol. The van der Waals surface area contributed by atoms with E-state index in [1.807, 2.05) is 30.3 Å². The van der Waals surface area contributed by atoms with Crippen LogP contribution in [0.5, 0.6) is 0 Å². The number of piperidine rings is 3. The molecule has 0 aliphatic carbocycles. The lowest BCUT2D eigenvalue weighted by Gasteiger charge is -2.51. The highest BCUT2D eigenvalue weighted by Crippen LogP contribution is 2.41. The Morgan fingerprint density at radius 2 is 2.14 bits per heavy atom. The highest BCUT2D eigenvalue weighted by atomic mass is 16.3. The Hall–Kier alpha value is -1.49. The molecule has 1 aromatic carbocycles. The van der Waals surface area contributed by atoms with E-state index in [0.29, 0.717) is 11.8 Å². The molecule has 0 radical (unpaired) electrons. The molecule has 0 amide bonds. The first-order valence-electron chi connectivity index (χ1n) is 8.14. The van der Waals surface area contributed by atoms with E-state index < -0.39 is 6.10 Å². The number of pyridine rings is 1. The first-order valence-corrected chi connectivity index (χ1v) is 8.14. The number of para-hydroxylation sites is 1. The van der Waals surface area contributed by atoms with Crippen molar-refractivity contribution in [2.75, 3.05) is 19.7 Å². The number of aliphatic hydroxyl groups excluding tert-OH is 2. The van der Waals surface area contributed by atoms with Gasteiger partial charge in [-0.25, -0.2) is 0 Å². The molecule has 3 saturated heterocycles. The molecule has 1 unspecified atom stereocenters. The Balaban J connectivity index is 1.66. The molecule has 2 bridgehead atoms. The normalized spacial score (nSPS) is 32.3. The summed E-state index contributed by atoms with van der Waals surface area (Å²) < 4.78 is 0. The van der Waals surface area contributed by atoms with Crippen molar-refractivity contribution in [1.82, 2.24) is 9.88 Å². The summed E-state index contributed by atoms with van der Waals surface area (Å²) in [6.07, 6.45) is 3.41. The molecule has 1 aromatic heterocycles. The lowest BCUT2D eigenvalue weighted by atomic mass is 9.74. The van der Waals surface area contributed by atoms with Gasteiger partial charge in [0.15, 0.2) is 0 Å². The summed E-state index contributed by atoms with van der Waals surface area (Å²) in [5.41, 5.74) is 1.91. The first kappa shape index (κ1) is 14.1. The number of benzene rings is 1. The van der Waals surface area contributed by atoms with Crippen molar-refractivity contribution >= 4 is 10.9 Å². The SMILES string of the molecule is OC[C@H]1CN2CC[C@H]1C[C@@H]2[C@@H](O)c1ccnc2ccccc12. The van der Waals surface area contributed by atoms with Crippen LogP contribution in [0.2, 0.25) is 0 Å². The largest absolute Gasteiger partial charge is 0.396 e. The second-order valence-electron chi connectivity index (χ2n) is 6.65. The van der Waals surface area contributed by atoms with Crippen molar-refractivity contribution < 1.29 is 10.2 Å². The second-order valence-corrected chi connectivity index (χ2v) is 6.65. The molecule has 3 fully saturated rings. The van der Waals surface area contributed by atoms with Crippen LogP contribution in [0.4, 0.5) is 0 Å². The molecular weight excluding hydrogens is 276 g/mol. The topological polar surface area (TPSA) is 56.6 Å². The standard InChI is InChI=1S/C18H22N2O2/c21-11-13-10-20-8-6-12(13)9-17(20)18(22)15-5-7-19-16-4-2-1-3-14(15)16/h1-5,7,12-13,17-18,21-22H,6,8-11H2/t12-,13+,17+,18-/m0/s1. The van der Waals surface area contributed by atoms with Crippen LogP contribution in [0.3, 0.4) is 0 Å². The zero-order chi connectivity index (χ0) is 15.1. The molecule has 4 heteroatoms. The average Bonchev–Trinajstić information content (AvgIpc) is 2.60. The Labute approximate surface area is 130 Å². The number of hydrogen-bond donors (Lipinski definition) is 2. The van der Waals surface area contributed by atoms with Crippen molar-refractivity contribution in [3.05, 3.63) is 42.1 Å². The number of hydrogen-bond acceptors (Lipinski definition) is 4. The molecule has 2 N–H and O–H groups in total. The van der Waals surface area contributed by atoms with Crippen molar-refractivity contribution in [3.63, 3.8) is 0 Å². The van der Waals surface area contributed by atoms with Gasteiger partial charge in [-0.05, 0) is 48.9 Å². The quantitative estimate of drug-likeness (QED) is 0.909. The number of rotatable bonds is 3. The Kier molecular flexibility index (Phi) is 3.60. The van der Waals surface area contributed by atoms with Gasteiger partial charge in [-0.2, -0.15) is 0 Å². The van der Waals surface area contributed by atoms with Crippen LogP contribution in [0.25, 0.3) is 10.9 Å². The van der Waals surface area contributed by atoms with Crippen LogP contribution in [-0.2, 0) is 0 Å². The van der Waals surface area contributed by atoms with Crippen molar-refractivity contribution in [2.24, 2.45) is 11.8 Å². The molecule has 2 aromatic rings. The second kappa shape index (κ2) is 5.61. The van der Waals surface area contributed by atoms with Gasteiger partial charge in [-0.3, -0.25) is 9.88 Å². The molecule has 4 nitrogen and oxygen atoms in total. The molecule has 3 aliphatic rings. The van der Waals surface area contributed by atoms with Gasteiger partial charge in [-0.1, -0.05) is 18.2 Å². The fraction of sp³-hybridized carbons (Fsp3) is 0.500. The minimum atomic E-state index is -0.490. The Bertz CT molecular complexity index is 670. The van der Waals surface area contributed by atoms with E-state index in [4.69, 9.17) is 0 Å². The molecule has 0 saturated carbocycles. The number of fused-ring (bicyclic) bond motifs is 4. The summed E-state index contributed by atoms with van der Waals surface area (Å²) in [5, 5.41) is 21.5. The van der Waals surface area contributed by atoms with Crippen molar-refractivity contribution in [1.29, 1.82) is 0 Å². The van der Waals surface area contributed by atoms with E-state index in [0.717, 1.165) is 42.4 Å². The van der Waals surface area contributed by atoms with Crippen LogP contribution in [-0.4, -0.2) is 45.8 Å². The number of nitrogens with zero attached hydrogens (tertiary/aromatic N) is 2. The maximum absolute atomic E-state index is 11.0. The summed E-state index contributed by atoms with van der Waals surface area (Å²) in [4.78, 5) is 6.75. The zero-order valence-electron chi connectivity index (χ0n) is 12.6. The number of aliphatic hydroxyl groups is 2. The van der Waals surface area contributed by atoms with Crippen LogP contribution in [0.15, 0.2) is 36.5 Å². The highest BCUT2D eigenvalue weighted by Gasteiger charge is 2.42. The zero-order valence-corrected chi connectivity index (χ0v) is 12.6. The monoisotopic (exact) mass is 298 g/mol. The molecule has 22 heavy (non-hydrogen) atoms. The minimum absolute atomic E-state index is 0.160. The molecule has 116 valence electrons. The fourth-order valence-electron chi connectivity index (χ4n) is 4.30. The minimum Gasteiger partial charge on any atom is -0.396 e. The molecule has 5 rings (SSSR count). The summed E-state index contributed by atoms with van der Waals surface area (Å²) >= 11 is 0. The summed E-state index contributed by atoms with van der Waals surface area (Å²) in [6, 6.07) is 10.1. The third-order valence-electron chi connectivity index (χ3n) is 5.54. The van der Waals surface area contributed by atoms with Gasteiger partial charge in [0.2, 0.25) is 0 Å². The van der Waals surface area contributed by atoms with Crippen LogP contribution >= 0.6 is 0 Å². The van der Waals surface area contributed by atoms with Gasteiger partial charge < -0.3 is 10.2 Å². The van der Waals surface area contributed by atoms with Crippen LogP contribution < -0.4 is 0 Å². The molecule has 0 spiro atoms. The first-order chi connectivity index (χ1) is 10.8. The highest BCUT2D eigenvalue weighted by molar-refractivity contribution is 5.82. The maximum atomic E-state index is 11.0. The summed E-state index contributed by atoms with van der Waals surface area (Å²) in [5.74, 6) is 0.925. The van der Waals surface area contributed by atoms with Crippen molar-refractivity contribution in [3.8, 4) is 0 Å². The van der Waals surface area contributed by atoms with E-state index in [-0.39, 0.29) is 12.6 Å². The maximum Gasteiger partial charge on any atom is 0.0952 e. The van der Waals surface area contributed by atoms with Gasteiger partial charge in [-0.15, -0.1) is 0 Å². The van der Waals surface area contributed by atoms with E-state index in [1.165, 1.54) is 0 Å². The third kappa shape index (κ3) is 2.22. The molecule has 3 aliphatic heterocycles. The van der Waals surface area contributed by atoms with Crippen LogP contribution in [0.1, 0.15) is 24.5 Å². The van der Waals surface area contributed by atoms with Gasteiger partial charge in [0.1, 0.15) is 0 Å². The van der Waals surface area contributed by atoms with Gasteiger partial charge in [0, 0.05) is 30.8 Å². The van der Waals surface area contributed by atoms with E-state index >= 15 is 0 Å². The predicted octanol–water partition coefficient (Wildman–Crippen LogP) is 1.97. The smallest absolute Gasteiger partial charge is 0.0952 e. The van der Waals surface area contributed by atoms with Gasteiger partial charge in [0.25, 0.3) is 0 Å². The molecule has 4 heterocycles.